The number of carbonyl (C=O) groups excluding carboxylic acids is 1. The van der Waals surface area contributed by atoms with Gasteiger partial charge in [0.2, 0.25) is 0 Å². The van der Waals surface area contributed by atoms with Crippen LogP contribution >= 0.6 is 0 Å². The van der Waals surface area contributed by atoms with E-state index in [-0.39, 0.29) is 5.91 Å². The summed E-state index contributed by atoms with van der Waals surface area (Å²) in [6, 6.07) is 13.2. The zero-order valence-electron chi connectivity index (χ0n) is 22.3. The predicted octanol–water partition coefficient (Wildman–Crippen LogP) is 4.79. The molecule has 0 fully saturated rings. The highest BCUT2D eigenvalue weighted by Crippen LogP contribution is 2.33. The van der Waals surface area contributed by atoms with Crippen LogP contribution in [-0.2, 0) is 6.54 Å². The van der Waals surface area contributed by atoms with Gasteiger partial charge in [-0.3, -0.25) is 4.79 Å². The maximum absolute atomic E-state index is 13.9. The summed E-state index contributed by atoms with van der Waals surface area (Å²) in [5.41, 5.74) is 1.91. The molecule has 0 atom stereocenters. The van der Waals surface area contributed by atoms with E-state index in [9.17, 15) is 4.79 Å². The number of pyridine rings is 1. The second-order valence-corrected chi connectivity index (χ2v) is 9.00. The van der Waals surface area contributed by atoms with E-state index >= 15 is 0 Å². The molecule has 0 radical (unpaired) electrons. The summed E-state index contributed by atoms with van der Waals surface area (Å²) in [7, 11) is 3.20. The Morgan fingerprint density at radius 2 is 1.65 bits per heavy atom. The first-order valence-electron chi connectivity index (χ1n) is 13.0. The summed E-state index contributed by atoms with van der Waals surface area (Å²) < 4.78 is 22.6. The van der Waals surface area contributed by atoms with Crippen molar-refractivity contribution in [2.45, 2.75) is 33.2 Å². The standard InChI is InChI=1S/C29H37N3O5/c1-5-31(6-2)14-7-8-15-32(20-21-12-13-24-27(18-21)37-17-16-36-24)29(33)23-19-26(35-4)22-10-9-11-25(34-3)28(22)30-23/h9-13,18-19H,5-8,14-17,20H2,1-4H3. The van der Waals surface area contributed by atoms with Crippen molar-refractivity contribution in [3.05, 3.63) is 53.7 Å². The highest BCUT2D eigenvalue weighted by molar-refractivity contribution is 5.98. The van der Waals surface area contributed by atoms with E-state index in [1.807, 2.05) is 41.3 Å². The third-order valence-corrected chi connectivity index (χ3v) is 6.74. The minimum atomic E-state index is -0.149. The Kier molecular flexibility index (Phi) is 9.06. The Labute approximate surface area is 219 Å². The predicted molar refractivity (Wildman–Crippen MR) is 144 cm³/mol. The lowest BCUT2D eigenvalue weighted by Gasteiger charge is -2.25. The number of para-hydroxylation sites is 1. The number of aromatic nitrogens is 1. The minimum Gasteiger partial charge on any atom is -0.496 e. The molecule has 1 aromatic heterocycles. The number of rotatable bonds is 12. The van der Waals surface area contributed by atoms with Gasteiger partial charge in [0.25, 0.3) is 5.91 Å². The first-order chi connectivity index (χ1) is 18.1. The van der Waals surface area contributed by atoms with Crippen LogP contribution in [0.25, 0.3) is 10.9 Å². The molecule has 0 unspecified atom stereocenters. The Hall–Kier alpha value is -3.52. The van der Waals surface area contributed by atoms with Crippen LogP contribution in [0.4, 0.5) is 0 Å². The lowest BCUT2D eigenvalue weighted by atomic mass is 10.1. The molecule has 8 nitrogen and oxygen atoms in total. The fraction of sp³-hybridized carbons (Fsp3) is 0.448. The van der Waals surface area contributed by atoms with Crippen molar-refractivity contribution in [1.29, 1.82) is 0 Å². The minimum absolute atomic E-state index is 0.149. The number of ether oxygens (including phenoxy) is 4. The summed E-state index contributed by atoms with van der Waals surface area (Å²) in [6.07, 6.45) is 1.90. The van der Waals surface area contributed by atoms with Crippen molar-refractivity contribution in [1.82, 2.24) is 14.8 Å². The fourth-order valence-electron chi connectivity index (χ4n) is 4.63. The van der Waals surface area contributed by atoms with Crippen molar-refractivity contribution >= 4 is 16.8 Å². The molecule has 1 amide bonds. The molecular formula is C29H37N3O5. The summed E-state index contributed by atoms with van der Waals surface area (Å²) >= 11 is 0. The van der Waals surface area contributed by atoms with E-state index < -0.39 is 0 Å². The molecule has 1 aliphatic rings. The number of hydrogen-bond donors (Lipinski definition) is 0. The molecule has 37 heavy (non-hydrogen) atoms. The molecule has 198 valence electrons. The van der Waals surface area contributed by atoms with E-state index in [1.165, 1.54) is 0 Å². The number of nitrogens with zero attached hydrogens (tertiary/aromatic N) is 3. The number of fused-ring (bicyclic) bond motifs is 2. The highest BCUT2D eigenvalue weighted by atomic mass is 16.6. The van der Waals surface area contributed by atoms with E-state index in [4.69, 9.17) is 23.9 Å². The van der Waals surface area contributed by atoms with Gasteiger partial charge in [-0.05, 0) is 62.3 Å². The van der Waals surface area contributed by atoms with Crippen LogP contribution in [0.1, 0.15) is 42.7 Å². The summed E-state index contributed by atoms with van der Waals surface area (Å²) in [6.45, 7) is 9.53. The van der Waals surface area contributed by atoms with Crippen LogP contribution in [0.15, 0.2) is 42.5 Å². The van der Waals surface area contributed by atoms with Gasteiger partial charge in [0.05, 0.1) is 14.2 Å². The van der Waals surface area contributed by atoms with Crippen LogP contribution < -0.4 is 18.9 Å². The van der Waals surface area contributed by atoms with Gasteiger partial charge in [0, 0.05) is 24.5 Å². The van der Waals surface area contributed by atoms with Gasteiger partial charge < -0.3 is 28.7 Å². The number of carbonyl (C=O) groups is 1. The molecule has 2 heterocycles. The summed E-state index contributed by atoms with van der Waals surface area (Å²) in [5, 5.41) is 0.802. The van der Waals surface area contributed by atoms with Crippen molar-refractivity contribution in [3.63, 3.8) is 0 Å². The van der Waals surface area contributed by atoms with E-state index in [0.717, 1.165) is 49.2 Å². The van der Waals surface area contributed by atoms with Gasteiger partial charge in [0.1, 0.15) is 35.9 Å². The third kappa shape index (κ3) is 6.25. The first kappa shape index (κ1) is 26.5. The molecule has 0 saturated carbocycles. The van der Waals surface area contributed by atoms with Crippen molar-refractivity contribution < 1.29 is 23.7 Å². The zero-order chi connectivity index (χ0) is 26.2. The van der Waals surface area contributed by atoms with Gasteiger partial charge in [0.15, 0.2) is 11.5 Å². The summed E-state index contributed by atoms with van der Waals surface area (Å²) in [5.74, 6) is 2.49. The average Bonchev–Trinajstić information content (AvgIpc) is 2.95. The third-order valence-electron chi connectivity index (χ3n) is 6.74. The van der Waals surface area contributed by atoms with E-state index in [0.29, 0.717) is 54.8 Å². The van der Waals surface area contributed by atoms with Gasteiger partial charge in [-0.2, -0.15) is 0 Å². The Bertz CT molecular complexity index is 1210. The van der Waals surface area contributed by atoms with Crippen molar-refractivity contribution in [2.75, 3.05) is 53.6 Å². The number of unbranched alkanes of at least 4 members (excludes halogenated alkanes) is 1. The normalized spacial score (nSPS) is 12.6. The molecule has 2 aromatic carbocycles. The van der Waals surface area contributed by atoms with Gasteiger partial charge >= 0.3 is 0 Å². The molecule has 8 heteroatoms. The van der Waals surface area contributed by atoms with Gasteiger partial charge in [-0.1, -0.05) is 26.0 Å². The summed E-state index contributed by atoms with van der Waals surface area (Å²) in [4.78, 5) is 22.9. The quantitative estimate of drug-likeness (QED) is 0.327. The van der Waals surface area contributed by atoms with Crippen LogP contribution in [-0.4, -0.2) is 74.3 Å². The van der Waals surface area contributed by atoms with Crippen LogP contribution in [0.2, 0.25) is 0 Å². The topological polar surface area (TPSA) is 73.4 Å². The molecule has 0 aliphatic carbocycles. The molecule has 1 aliphatic heterocycles. The Balaban J connectivity index is 1.61. The average molecular weight is 508 g/mol. The molecule has 0 spiro atoms. The molecule has 0 saturated heterocycles. The highest BCUT2D eigenvalue weighted by Gasteiger charge is 2.22. The molecule has 0 bridgehead atoms. The zero-order valence-corrected chi connectivity index (χ0v) is 22.3. The van der Waals surface area contributed by atoms with Crippen LogP contribution in [0, 0.1) is 0 Å². The Morgan fingerprint density at radius 1 is 0.919 bits per heavy atom. The largest absolute Gasteiger partial charge is 0.496 e. The molecule has 4 rings (SSSR count). The lowest BCUT2D eigenvalue weighted by molar-refractivity contribution is 0.0732. The van der Waals surface area contributed by atoms with Crippen LogP contribution in [0.5, 0.6) is 23.0 Å². The first-order valence-corrected chi connectivity index (χ1v) is 13.0. The van der Waals surface area contributed by atoms with E-state index in [2.05, 4.69) is 18.7 Å². The smallest absolute Gasteiger partial charge is 0.272 e. The monoisotopic (exact) mass is 507 g/mol. The second kappa shape index (κ2) is 12.6. The van der Waals surface area contributed by atoms with Gasteiger partial charge in [-0.25, -0.2) is 4.98 Å². The van der Waals surface area contributed by atoms with E-state index in [1.54, 1.807) is 20.3 Å². The maximum Gasteiger partial charge on any atom is 0.272 e. The Morgan fingerprint density at radius 3 is 2.38 bits per heavy atom. The van der Waals surface area contributed by atoms with Crippen LogP contribution in [0.3, 0.4) is 0 Å². The molecule has 3 aromatic rings. The number of benzene rings is 2. The number of amides is 1. The second-order valence-electron chi connectivity index (χ2n) is 9.00. The number of methoxy groups -OCH3 is 2. The maximum atomic E-state index is 13.9. The van der Waals surface area contributed by atoms with Crippen molar-refractivity contribution in [3.8, 4) is 23.0 Å². The van der Waals surface area contributed by atoms with Gasteiger partial charge in [-0.15, -0.1) is 0 Å². The number of hydrogen-bond acceptors (Lipinski definition) is 7. The molecular weight excluding hydrogens is 470 g/mol. The lowest BCUT2D eigenvalue weighted by Crippen LogP contribution is -2.33. The SMILES string of the molecule is CCN(CC)CCCCN(Cc1ccc2c(c1)OCCO2)C(=O)c1cc(OC)c2cccc(OC)c2n1. The van der Waals surface area contributed by atoms with Crippen molar-refractivity contribution in [2.24, 2.45) is 0 Å². The molecule has 0 N–H and O–H groups in total. The fourth-order valence-corrected chi connectivity index (χ4v) is 4.63.